The highest BCUT2D eigenvalue weighted by Crippen LogP contribution is 2.34. The Labute approximate surface area is 284 Å². The minimum absolute atomic E-state index is 0.136. The van der Waals surface area contributed by atoms with Crippen LogP contribution in [0.1, 0.15) is 72.6 Å². The maximum Gasteiger partial charge on any atom is 0.312 e. The molecule has 1 aromatic heterocycles. The SMILES string of the molecule is CO[C@H]1CN(c2cccc(-c3cc(C)ccc3OCc3ccc4c(c3C)CCN(C3CCOCC3)C4=O)n2)CC[C@H]1C(=O)OC(C)(C)C. The van der Waals surface area contributed by atoms with Crippen molar-refractivity contribution in [3.63, 3.8) is 0 Å². The van der Waals surface area contributed by atoms with E-state index in [-0.39, 0.29) is 29.9 Å². The van der Waals surface area contributed by atoms with Crippen LogP contribution in [0.4, 0.5) is 5.82 Å². The second kappa shape index (κ2) is 14.3. The van der Waals surface area contributed by atoms with E-state index in [2.05, 4.69) is 35.8 Å². The lowest BCUT2D eigenvalue weighted by Gasteiger charge is -2.38. The molecule has 6 rings (SSSR count). The molecule has 1 amide bonds. The zero-order chi connectivity index (χ0) is 34.0. The topological polar surface area (TPSA) is 90.4 Å². The fraction of sp³-hybridized carbons (Fsp3) is 0.513. The van der Waals surface area contributed by atoms with E-state index in [1.165, 1.54) is 0 Å². The lowest BCUT2D eigenvalue weighted by molar-refractivity contribution is -0.165. The molecular weight excluding hydrogens is 606 g/mol. The fourth-order valence-electron chi connectivity index (χ4n) is 7.20. The van der Waals surface area contributed by atoms with E-state index in [0.717, 1.165) is 89.7 Å². The number of ether oxygens (including phenoxy) is 4. The van der Waals surface area contributed by atoms with Gasteiger partial charge in [-0.1, -0.05) is 23.8 Å². The largest absolute Gasteiger partial charge is 0.488 e. The molecule has 0 radical (unpaired) electrons. The van der Waals surface area contributed by atoms with Gasteiger partial charge in [0.15, 0.2) is 0 Å². The highest BCUT2D eigenvalue weighted by molar-refractivity contribution is 5.97. The van der Waals surface area contributed by atoms with Crippen LogP contribution in [0.25, 0.3) is 11.3 Å². The van der Waals surface area contributed by atoms with Crippen molar-refractivity contribution >= 4 is 17.7 Å². The van der Waals surface area contributed by atoms with Crippen LogP contribution in [0.15, 0.2) is 48.5 Å². The van der Waals surface area contributed by atoms with Crippen molar-refractivity contribution in [1.82, 2.24) is 9.88 Å². The van der Waals surface area contributed by atoms with E-state index < -0.39 is 5.60 Å². The molecule has 3 aromatic rings. The van der Waals surface area contributed by atoms with Gasteiger partial charge in [0, 0.05) is 57.1 Å². The Balaban J connectivity index is 1.17. The van der Waals surface area contributed by atoms with Gasteiger partial charge in [-0.2, -0.15) is 0 Å². The molecule has 0 saturated carbocycles. The van der Waals surface area contributed by atoms with Gasteiger partial charge in [0.1, 0.15) is 23.8 Å². The zero-order valence-electron chi connectivity index (χ0n) is 29.2. The van der Waals surface area contributed by atoms with Crippen LogP contribution in [-0.4, -0.2) is 79.5 Å². The summed E-state index contributed by atoms with van der Waals surface area (Å²) in [7, 11) is 1.65. The first-order valence-electron chi connectivity index (χ1n) is 17.2. The van der Waals surface area contributed by atoms with E-state index in [9.17, 15) is 9.59 Å². The highest BCUT2D eigenvalue weighted by atomic mass is 16.6. The minimum atomic E-state index is -0.541. The summed E-state index contributed by atoms with van der Waals surface area (Å²) < 4.78 is 23.5. The summed E-state index contributed by atoms with van der Waals surface area (Å²) in [6.07, 6.45) is 2.99. The van der Waals surface area contributed by atoms with Crippen molar-refractivity contribution in [2.45, 2.75) is 84.7 Å². The predicted molar refractivity (Wildman–Crippen MR) is 185 cm³/mol. The van der Waals surface area contributed by atoms with Gasteiger partial charge in [-0.15, -0.1) is 0 Å². The summed E-state index contributed by atoms with van der Waals surface area (Å²) in [4.78, 5) is 35.7. The normalized spacial score (nSPS) is 20.4. The van der Waals surface area contributed by atoms with E-state index in [1.54, 1.807) is 7.11 Å². The van der Waals surface area contributed by atoms with Crippen molar-refractivity contribution in [1.29, 1.82) is 0 Å². The number of nitrogens with zero attached hydrogens (tertiary/aromatic N) is 3. The Morgan fingerprint density at radius 2 is 1.79 bits per heavy atom. The smallest absolute Gasteiger partial charge is 0.312 e. The minimum Gasteiger partial charge on any atom is -0.488 e. The summed E-state index contributed by atoms with van der Waals surface area (Å²) in [6, 6.07) is 16.5. The number of rotatable bonds is 8. The molecule has 3 aliphatic rings. The molecule has 0 aliphatic carbocycles. The Kier molecular flexibility index (Phi) is 10.1. The van der Waals surface area contributed by atoms with E-state index in [4.69, 9.17) is 23.9 Å². The Hall–Kier alpha value is -3.95. The molecule has 4 heterocycles. The number of aromatic nitrogens is 1. The maximum absolute atomic E-state index is 13.5. The van der Waals surface area contributed by atoms with Gasteiger partial charge in [-0.05, 0) is 107 Å². The molecule has 256 valence electrons. The summed E-state index contributed by atoms with van der Waals surface area (Å²) in [5.74, 6) is 1.19. The van der Waals surface area contributed by atoms with Gasteiger partial charge in [-0.25, -0.2) is 4.98 Å². The molecule has 2 saturated heterocycles. The van der Waals surface area contributed by atoms with E-state index in [0.29, 0.717) is 26.1 Å². The average molecular weight is 656 g/mol. The third-order valence-electron chi connectivity index (χ3n) is 9.86. The first kappa shape index (κ1) is 33.9. The summed E-state index contributed by atoms with van der Waals surface area (Å²) in [5.41, 5.74) is 6.46. The number of aryl methyl sites for hydroxylation is 1. The van der Waals surface area contributed by atoms with Crippen LogP contribution in [-0.2, 0) is 32.0 Å². The fourth-order valence-corrected chi connectivity index (χ4v) is 7.20. The molecule has 9 heteroatoms. The van der Waals surface area contributed by atoms with E-state index in [1.807, 2.05) is 57.2 Å². The van der Waals surface area contributed by atoms with Crippen molar-refractivity contribution in [3.8, 4) is 17.0 Å². The second-order valence-electron chi connectivity index (χ2n) is 14.3. The number of pyridine rings is 1. The van der Waals surface area contributed by atoms with Gasteiger partial charge >= 0.3 is 5.97 Å². The van der Waals surface area contributed by atoms with Gasteiger partial charge in [-0.3, -0.25) is 9.59 Å². The van der Waals surface area contributed by atoms with E-state index >= 15 is 0 Å². The molecule has 3 aliphatic heterocycles. The molecule has 0 N–H and O–H groups in total. The lowest BCUT2D eigenvalue weighted by Crippen LogP contribution is -2.49. The van der Waals surface area contributed by atoms with Crippen molar-refractivity contribution in [3.05, 3.63) is 76.3 Å². The third-order valence-corrected chi connectivity index (χ3v) is 9.86. The third kappa shape index (κ3) is 7.37. The Bertz CT molecular complexity index is 1640. The van der Waals surface area contributed by atoms with Gasteiger partial charge in [0.05, 0.1) is 17.7 Å². The van der Waals surface area contributed by atoms with Crippen LogP contribution in [0.3, 0.4) is 0 Å². The molecule has 2 aromatic carbocycles. The molecule has 48 heavy (non-hydrogen) atoms. The van der Waals surface area contributed by atoms with Gasteiger partial charge in [0.2, 0.25) is 0 Å². The van der Waals surface area contributed by atoms with Crippen LogP contribution in [0.2, 0.25) is 0 Å². The number of methoxy groups -OCH3 is 1. The average Bonchev–Trinajstić information content (AvgIpc) is 3.08. The number of fused-ring (bicyclic) bond motifs is 1. The number of esters is 1. The number of amides is 1. The van der Waals surface area contributed by atoms with Crippen molar-refractivity contribution < 1.29 is 28.5 Å². The molecule has 2 atom stereocenters. The van der Waals surface area contributed by atoms with Gasteiger partial charge < -0.3 is 28.7 Å². The quantitative estimate of drug-likeness (QED) is 0.261. The lowest BCUT2D eigenvalue weighted by atomic mass is 9.90. The van der Waals surface area contributed by atoms with Crippen LogP contribution in [0.5, 0.6) is 5.75 Å². The monoisotopic (exact) mass is 655 g/mol. The molecule has 0 unspecified atom stereocenters. The zero-order valence-corrected chi connectivity index (χ0v) is 29.2. The Morgan fingerprint density at radius 3 is 2.54 bits per heavy atom. The maximum atomic E-state index is 13.5. The van der Waals surface area contributed by atoms with Crippen molar-refractivity contribution in [2.75, 3.05) is 44.9 Å². The first-order valence-corrected chi connectivity index (χ1v) is 17.2. The molecule has 2 fully saturated rings. The second-order valence-corrected chi connectivity index (χ2v) is 14.3. The van der Waals surface area contributed by atoms with Gasteiger partial charge in [0.25, 0.3) is 5.91 Å². The number of piperidine rings is 1. The summed E-state index contributed by atoms with van der Waals surface area (Å²) in [5, 5.41) is 0. The van der Waals surface area contributed by atoms with Crippen LogP contribution in [0, 0.1) is 19.8 Å². The summed E-state index contributed by atoms with van der Waals surface area (Å²) >= 11 is 0. The molecule has 9 nitrogen and oxygen atoms in total. The molecule has 0 bridgehead atoms. The summed E-state index contributed by atoms with van der Waals surface area (Å²) in [6.45, 7) is 13.6. The van der Waals surface area contributed by atoms with Crippen LogP contribution < -0.4 is 9.64 Å². The molecular formula is C39H49N3O6. The first-order chi connectivity index (χ1) is 23.0. The standard InChI is InChI=1S/C39H49N3O6/c1-25-10-13-34(47-24-27-11-12-30-29(26(27)2)15-19-42(37(30)43)28-16-20-46-21-17-28)32(22-25)33-8-7-9-36(40-33)41-18-14-31(35(23-41)45-6)38(44)48-39(3,4)5/h7-13,22,28,31,35H,14-21,23-24H2,1-6H3/t31-,35+/m1/s1. The predicted octanol–water partition coefficient (Wildman–Crippen LogP) is 6.30. The number of hydrogen-bond donors (Lipinski definition) is 0. The highest BCUT2D eigenvalue weighted by Gasteiger charge is 2.38. The van der Waals surface area contributed by atoms with Crippen molar-refractivity contribution in [2.24, 2.45) is 5.92 Å². The molecule has 0 spiro atoms. The Morgan fingerprint density at radius 1 is 1.00 bits per heavy atom. The number of hydrogen-bond acceptors (Lipinski definition) is 8. The number of benzene rings is 2. The number of carbonyl (C=O) groups is 2. The van der Waals surface area contributed by atoms with Crippen LogP contribution >= 0.6 is 0 Å². The number of carbonyl (C=O) groups excluding carboxylic acids is 2. The number of anilines is 1.